The normalized spacial score (nSPS) is 10.1. The third kappa shape index (κ3) is 1.88. The van der Waals surface area contributed by atoms with Gasteiger partial charge >= 0.3 is 0 Å². The lowest BCUT2D eigenvalue weighted by Gasteiger charge is -2.05. The summed E-state index contributed by atoms with van der Waals surface area (Å²) in [5.74, 6) is 0. The van der Waals surface area contributed by atoms with Gasteiger partial charge in [0.05, 0.1) is 4.92 Å². The molecule has 0 spiro atoms. The van der Waals surface area contributed by atoms with Crippen molar-refractivity contribution in [3.8, 4) is 0 Å². The number of nitrogens with zero attached hydrogens (tertiary/aromatic N) is 1. The summed E-state index contributed by atoms with van der Waals surface area (Å²) < 4.78 is 0.943. The minimum Gasteiger partial charge on any atom is -0.258 e. The fourth-order valence-electron chi connectivity index (χ4n) is 1.34. The van der Waals surface area contributed by atoms with Crippen LogP contribution in [-0.4, -0.2) is 4.92 Å². The molecule has 0 saturated heterocycles. The van der Waals surface area contributed by atoms with E-state index in [4.69, 9.17) is 0 Å². The third-order valence-corrected chi connectivity index (χ3v) is 2.81. The molecule has 0 aliphatic rings. The number of benzene rings is 1. The summed E-state index contributed by atoms with van der Waals surface area (Å²) in [5, 5.41) is 10.6. The highest BCUT2D eigenvalue weighted by Gasteiger charge is 2.14. The van der Waals surface area contributed by atoms with E-state index in [1.807, 2.05) is 6.92 Å². The van der Waals surface area contributed by atoms with Crippen LogP contribution in [0.15, 0.2) is 16.6 Å². The van der Waals surface area contributed by atoms with Crippen LogP contribution in [-0.2, 0) is 6.42 Å². The van der Waals surface area contributed by atoms with Crippen molar-refractivity contribution in [2.24, 2.45) is 0 Å². The van der Waals surface area contributed by atoms with Crippen LogP contribution in [0.1, 0.15) is 18.1 Å². The lowest BCUT2D eigenvalue weighted by molar-refractivity contribution is -0.385. The lowest BCUT2D eigenvalue weighted by atomic mass is 10.1. The van der Waals surface area contributed by atoms with Gasteiger partial charge in [0.2, 0.25) is 0 Å². The SMILES string of the molecule is CCc1c(Br)ccc([N+](=O)[O-])c1C. The molecule has 0 aromatic heterocycles. The quantitative estimate of drug-likeness (QED) is 0.592. The fourth-order valence-corrected chi connectivity index (χ4v) is 2.05. The summed E-state index contributed by atoms with van der Waals surface area (Å²) in [6, 6.07) is 3.25. The van der Waals surface area contributed by atoms with E-state index in [1.165, 1.54) is 6.07 Å². The van der Waals surface area contributed by atoms with E-state index >= 15 is 0 Å². The Morgan fingerprint density at radius 3 is 2.62 bits per heavy atom. The van der Waals surface area contributed by atoms with Gasteiger partial charge in [-0.2, -0.15) is 0 Å². The predicted octanol–water partition coefficient (Wildman–Crippen LogP) is 3.23. The Balaban J connectivity index is 3.35. The van der Waals surface area contributed by atoms with Crippen molar-refractivity contribution in [2.45, 2.75) is 20.3 Å². The summed E-state index contributed by atoms with van der Waals surface area (Å²) in [6.45, 7) is 3.76. The standard InChI is InChI=1S/C9H10BrNO2/c1-3-7-6(2)9(11(12)13)5-4-8(7)10/h4-5H,3H2,1-2H3. The summed E-state index contributed by atoms with van der Waals surface area (Å²) in [7, 11) is 0. The fraction of sp³-hybridized carbons (Fsp3) is 0.333. The smallest absolute Gasteiger partial charge is 0.258 e. The highest BCUT2D eigenvalue weighted by atomic mass is 79.9. The van der Waals surface area contributed by atoms with Gasteiger partial charge in [-0.25, -0.2) is 0 Å². The Morgan fingerprint density at radius 1 is 1.54 bits per heavy atom. The molecule has 3 nitrogen and oxygen atoms in total. The second kappa shape index (κ2) is 3.87. The number of nitro benzene ring substituents is 1. The predicted molar refractivity (Wildman–Crippen MR) is 54.9 cm³/mol. The van der Waals surface area contributed by atoms with Gasteiger partial charge in [-0.05, 0) is 25.0 Å². The molecular formula is C9H10BrNO2. The van der Waals surface area contributed by atoms with Crippen LogP contribution in [0.5, 0.6) is 0 Å². The molecule has 0 aliphatic carbocycles. The molecule has 13 heavy (non-hydrogen) atoms. The van der Waals surface area contributed by atoms with E-state index in [0.717, 1.165) is 22.0 Å². The Hall–Kier alpha value is -0.900. The number of hydrogen-bond donors (Lipinski definition) is 0. The monoisotopic (exact) mass is 243 g/mol. The topological polar surface area (TPSA) is 43.1 Å². The van der Waals surface area contributed by atoms with Crippen LogP contribution in [0.4, 0.5) is 5.69 Å². The molecule has 0 N–H and O–H groups in total. The maximum absolute atomic E-state index is 10.6. The Morgan fingerprint density at radius 2 is 2.15 bits per heavy atom. The zero-order valence-corrected chi connectivity index (χ0v) is 9.09. The summed E-state index contributed by atoms with van der Waals surface area (Å²) in [5.41, 5.74) is 1.95. The molecule has 70 valence electrons. The highest BCUT2D eigenvalue weighted by molar-refractivity contribution is 9.10. The van der Waals surface area contributed by atoms with Crippen molar-refractivity contribution in [3.63, 3.8) is 0 Å². The van der Waals surface area contributed by atoms with Crippen molar-refractivity contribution in [1.82, 2.24) is 0 Å². The van der Waals surface area contributed by atoms with E-state index in [1.54, 1.807) is 13.0 Å². The van der Waals surface area contributed by atoms with E-state index < -0.39 is 0 Å². The minimum atomic E-state index is -0.346. The number of halogens is 1. The molecule has 0 heterocycles. The Kier molecular flexibility index (Phi) is 3.03. The molecule has 0 saturated carbocycles. The van der Waals surface area contributed by atoms with Gasteiger partial charge in [-0.15, -0.1) is 0 Å². The molecule has 0 unspecified atom stereocenters. The zero-order chi connectivity index (χ0) is 10.0. The van der Waals surface area contributed by atoms with Crippen LogP contribution >= 0.6 is 15.9 Å². The van der Waals surface area contributed by atoms with Crippen LogP contribution < -0.4 is 0 Å². The molecular weight excluding hydrogens is 234 g/mol. The summed E-state index contributed by atoms with van der Waals surface area (Å²) in [4.78, 5) is 10.2. The second-order valence-electron chi connectivity index (χ2n) is 2.78. The van der Waals surface area contributed by atoms with Gasteiger partial charge in [0.1, 0.15) is 0 Å². The van der Waals surface area contributed by atoms with Gasteiger partial charge in [-0.3, -0.25) is 10.1 Å². The first-order chi connectivity index (χ1) is 6.07. The average Bonchev–Trinajstić information content (AvgIpc) is 2.04. The van der Waals surface area contributed by atoms with Crippen molar-refractivity contribution in [3.05, 3.63) is 37.8 Å². The molecule has 1 aromatic carbocycles. The summed E-state index contributed by atoms with van der Waals surface area (Å²) in [6.07, 6.45) is 0.800. The van der Waals surface area contributed by atoms with Crippen LogP contribution in [0.25, 0.3) is 0 Å². The number of hydrogen-bond acceptors (Lipinski definition) is 2. The average molecular weight is 244 g/mol. The highest BCUT2D eigenvalue weighted by Crippen LogP contribution is 2.28. The van der Waals surface area contributed by atoms with Crippen LogP contribution in [0.3, 0.4) is 0 Å². The first-order valence-electron chi connectivity index (χ1n) is 4.00. The van der Waals surface area contributed by atoms with E-state index in [2.05, 4.69) is 15.9 Å². The van der Waals surface area contributed by atoms with Gasteiger partial charge in [0.25, 0.3) is 5.69 Å². The third-order valence-electron chi connectivity index (χ3n) is 2.06. The zero-order valence-electron chi connectivity index (χ0n) is 7.50. The molecule has 0 aliphatic heterocycles. The maximum Gasteiger partial charge on any atom is 0.272 e. The van der Waals surface area contributed by atoms with Gasteiger partial charge < -0.3 is 0 Å². The van der Waals surface area contributed by atoms with Crippen molar-refractivity contribution >= 4 is 21.6 Å². The van der Waals surface area contributed by atoms with Gasteiger partial charge in [0, 0.05) is 16.1 Å². The van der Waals surface area contributed by atoms with Gasteiger partial charge in [-0.1, -0.05) is 22.9 Å². The molecule has 0 atom stereocenters. The number of rotatable bonds is 2. The Labute approximate surface area is 85.0 Å². The molecule has 1 rings (SSSR count). The first-order valence-corrected chi connectivity index (χ1v) is 4.79. The molecule has 0 radical (unpaired) electrons. The number of nitro groups is 1. The lowest BCUT2D eigenvalue weighted by Crippen LogP contribution is -1.96. The minimum absolute atomic E-state index is 0.194. The molecule has 1 aromatic rings. The molecule has 0 amide bonds. The molecule has 0 fully saturated rings. The molecule has 4 heteroatoms. The molecule has 0 bridgehead atoms. The van der Waals surface area contributed by atoms with Gasteiger partial charge in [0.15, 0.2) is 0 Å². The summed E-state index contributed by atoms with van der Waals surface area (Å²) >= 11 is 3.37. The largest absolute Gasteiger partial charge is 0.272 e. The van der Waals surface area contributed by atoms with E-state index in [-0.39, 0.29) is 10.6 Å². The van der Waals surface area contributed by atoms with Crippen molar-refractivity contribution < 1.29 is 4.92 Å². The van der Waals surface area contributed by atoms with Crippen molar-refractivity contribution in [1.29, 1.82) is 0 Å². The van der Waals surface area contributed by atoms with Crippen molar-refractivity contribution in [2.75, 3.05) is 0 Å². The second-order valence-corrected chi connectivity index (χ2v) is 3.64. The van der Waals surface area contributed by atoms with E-state index in [9.17, 15) is 10.1 Å². The maximum atomic E-state index is 10.6. The Bertz CT molecular complexity index is 350. The van der Waals surface area contributed by atoms with Crippen LogP contribution in [0, 0.1) is 17.0 Å². The van der Waals surface area contributed by atoms with Crippen LogP contribution in [0.2, 0.25) is 0 Å². The first kappa shape index (κ1) is 10.2. The van der Waals surface area contributed by atoms with E-state index in [0.29, 0.717) is 0 Å².